The van der Waals surface area contributed by atoms with Gasteiger partial charge in [-0.05, 0) is 26.1 Å². The summed E-state index contributed by atoms with van der Waals surface area (Å²) in [6.07, 6.45) is 4.46. The first-order valence-electron chi connectivity index (χ1n) is 5.03. The number of hydrogen-bond donors (Lipinski definition) is 2. The summed E-state index contributed by atoms with van der Waals surface area (Å²) in [7, 11) is 1.93. The van der Waals surface area contributed by atoms with E-state index in [1.54, 1.807) is 12.3 Å². The molecular weight excluding hydrogens is 190 g/mol. The van der Waals surface area contributed by atoms with Crippen molar-refractivity contribution in [2.24, 2.45) is 0 Å². The van der Waals surface area contributed by atoms with E-state index in [4.69, 9.17) is 0 Å². The molecule has 2 aromatic rings. The fraction of sp³-hybridized carbons (Fsp3) is 0.364. The minimum Gasteiger partial charge on any atom is -0.506 e. The molecule has 2 heterocycles. The largest absolute Gasteiger partial charge is 0.506 e. The van der Waals surface area contributed by atoms with E-state index in [0.29, 0.717) is 6.04 Å². The predicted molar refractivity (Wildman–Crippen MR) is 59.1 cm³/mol. The molecule has 80 valence electrons. The SMILES string of the molecule is CNC(C)Cc1ncc2c(O)cccn12. The van der Waals surface area contributed by atoms with Crippen molar-refractivity contribution in [3.8, 4) is 5.75 Å². The van der Waals surface area contributed by atoms with Crippen molar-refractivity contribution >= 4 is 5.52 Å². The van der Waals surface area contributed by atoms with Gasteiger partial charge in [0.15, 0.2) is 0 Å². The van der Waals surface area contributed by atoms with Crippen LogP contribution < -0.4 is 5.32 Å². The molecule has 0 spiro atoms. The number of fused-ring (bicyclic) bond motifs is 1. The van der Waals surface area contributed by atoms with Crippen LogP contribution in [0.1, 0.15) is 12.7 Å². The van der Waals surface area contributed by atoms with Crippen LogP contribution in [0.2, 0.25) is 0 Å². The molecule has 15 heavy (non-hydrogen) atoms. The molecule has 0 aliphatic heterocycles. The average Bonchev–Trinajstić information content (AvgIpc) is 2.63. The molecule has 1 unspecified atom stereocenters. The highest BCUT2D eigenvalue weighted by Crippen LogP contribution is 2.18. The number of pyridine rings is 1. The van der Waals surface area contributed by atoms with Crippen molar-refractivity contribution in [3.63, 3.8) is 0 Å². The third-order valence-corrected chi connectivity index (χ3v) is 2.61. The molecule has 2 N–H and O–H groups in total. The number of imidazole rings is 1. The minimum absolute atomic E-state index is 0.272. The molecule has 0 aliphatic carbocycles. The Labute approximate surface area is 88.6 Å². The quantitative estimate of drug-likeness (QED) is 0.791. The zero-order valence-electron chi connectivity index (χ0n) is 8.94. The maximum Gasteiger partial charge on any atom is 0.141 e. The van der Waals surface area contributed by atoms with Crippen molar-refractivity contribution in [3.05, 3.63) is 30.4 Å². The fourth-order valence-electron chi connectivity index (χ4n) is 1.59. The maximum absolute atomic E-state index is 9.60. The standard InChI is InChI=1S/C11H15N3O/c1-8(12-2)6-11-13-7-9-10(15)4-3-5-14(9)11/h3-5,7-8,12,15H,6H2,1-2H3. The lowest BCUT2D eigenvalue weighted by atomic mass is 10.2. The van der Waals surface area contributed by atoms with Gasteiger partial charge in [-0.15, -0.1) is 0 Å². The van der Waals surface area contributed by atoms with E-state index in [-0.39, 0.29) is 5.75 Å². The lowest BCUT2D eigenvalue weighted by Crippen LogP contribution is -2.24. The monoisotopic (exact) mass is 205 g/mol. The molecule has 0 saturated heterocycles. The minimum atomic E-state index is 0.272. The summed E-state index contributed by atoms with van der Waals surface area (Å²) in [6.45, 7) is 2.10. The van der Waals surface area contributed by atoms with Gasteiger partial charge in [-0.3, -0.25) is 0 Å². The van der Waals surface area contributed by atoms with Gasteiger partial charge in [0.25, 0.3) is 0 Å². The number of nitrogens with one attached hydrogen (secondary N) is 1. The first-order chi connectivity index (χ1) is 7.22. The van der Waals surface area contributed by atoms with Gasteiger partial charge in [-0.25, -0.2) is 4.98 Å². The summed E-state index contributed by atoms with van der Waals surface area (Å²) >= 11 is 0. The van der Waals surface area contributed by atoms with Crippen LogP contribution in [0.4, 0.5) is 0 Å². The van der Waals surface area contributed by atoms with E-state index >= 15 is 0 Å². The first-order valence-corrected chi connectivity index (χ1v) is 5.03. The molecule has 0 aromatic carbocycles. The summed E-state index contributed by atoms with van der Waals surface area (Å²) in [5.74, 6) is 1.23. The van der Waals surface area contributed by atoms with E-state index in [9.17, 15) is 5.11 Å². The van der Waals surface area contributed by atoms with Crippen LogP contribution in [0.25, 0.3) is 5.52 Å². The second-order valence-corrected chi connectivity index (χ2v) is 3.72. The topological polar surface area (TPSA) is 49.6 Å². The zero-order valence-corrected chi connectivity index (χ0v) is 8.94. The lowest BCUT2D eigenvalue weighted by Gasteiger charge is -2.08. The van der Waals surface area contributed by atoms with Crippen molar-refractivity contribution < 1.29 is 5.11 Å². The highest BCUT2D eigenvalue weighted by atomic mass is 16.3. The molecule has 0 bridgehead atoms. The van der Waals surface area contributed by atoms with Gasteiger partial charge < -0.3 is 14.8 Å². The zero-order chi connectivity index (χ0) is 10.8. The maximum atomic E-state index is 9.60. The van der Waals surface area contributed by atoms with E-state index in [1.807, 2.05) is 23.7 Å². The average molecular weight is 205 g/mol. The number of hydrogen-bond acceptors (Lipinski definition) is 3. The normalized spacial score (nSPS) is 13.2. The Morgan fingerprint density at radius 3 is 3.13 bits per heavy atom. The molecule has 0 amide bonds. The summed E-state index contributed by atoms with van der Waals surface area (Å²) in [4.78, 5) is 4.31. The molecule has 0 radical (unpaired) electrons. The Balaban J connectivity index is 2.41. The van der Waals surface area contributed by atoms with Gasteiger partial charge in [0.1, 0.15) is 17.1 Å². The molecule has 4 nitrogen and oxygen atoms in total. The van der Waals surface area contributed by atoms with Crippen LogP contribution in [0.5, 0.6) is 5.75 Å². The predicted octanol–water partition coefficient (Wildman–Crippen LogP) is 1.19. The van der Waals surface area contributed by atoms with Gasteiger partial charge >= 0.3 is 0 Å². The molecule has 2 rings (SSSR count). The summed E-state index contributed by atoms with van der Waals surface area (Å²) < 4.78 is 1.92. The summed E-state index contributed by atoms with van der Waals surface area (Å²) in [6, 6.07) is 3.86. The van der Waals surface area contributed by atoms with E-state index in [0.717, 1.165) is 17.8 Å². The molecule has 0 fully saturated rings. The van der Waals surface area contributed by atoms with Crippen molar-refractivity contribution in [1.82, 2.24) is 14.7 Å². The van der Waals surface area contributed by atoms with Crippen LogP contribution in [0.15, 0.2) is 24.5 Å². The van der Waals surface area contributed by atoms with Gasteiger partial charge in [-0.2, -0.15) is 0 Å². The Kier molecular flexibility index (Phi) is 2.60. The Morgan fingerprint density at radius 1 is 1.60 bits per heavy atom. The fourth-order valence-corrected chi connectivity index (χ4v) is 1.59. The van der Waals surface area contributed by atoms with Crippen molar-refractivity contribution in [1.29, 1.82) is 0 Å². The highest BCUT2D eigenvalue weighted by Gasteiger charge is 2.08. The second-order valence-electron chi connectivity index (χ2n) is 3.72. The van der Waals surface area contributed by atoms with Crippen LogP contribution in [0.3, 0.4) is 0 Å². The third-order valence-electron chi connectivity index (χ3n) is 2.61. The number of aromatic hydroxyl groups is 1. The second kappa shape index (κ2) is 3.90. The molecular formula is C11H15N3O. The number of aromatic nitrogens is 2. The van der Waals surface area contributed by atoms with E-state index in [1.165, 1.54) is 0 Å². The Bertz CT molecular complexity index is 464. The van der Waals surface area contributed by atoms with Crippen LogP contribution in [0, 0.1) is 0 Å². The molecule has 0 aliphatic rings. The molecule has 2 aromatic heterocycles. The van der Waals surface area contributed by atoms with Crippen LogP contribution >= 0.6 is 0 Å². The van der Waals surface area contributed by atoms with Gasteiger partial charge in [0, 0.05) is 18.7 Å². The highest BCUT2D eigenvalue weighted by molar-refractivity contribution is 5.58. The van der Waals surface area contributed by atoms with Crippen LogP contribution in [-0.2, 0) is 6.42 Å². The summed E-state index contributed by atoms with van der Waals surface area (Å²) in [5.41, 5.74) is 0.760. The third kappa shape index (κ3) is 1.80. The van der Waals surface area contributed by atoms with E-state index in [2.05, 4.69) is 17.2 Å². The van der Waals surface area contributed by atoms with Gasteiger partial charge in [0.05, 0.1) is 6.20 Å². The van der Waals surface area contributed by atoms with Gasteiger partial charge in [0.2, 0.25) is 0 Å². The molecule has 1 atom stereocenters. The molecule has 0 saturated carbocycles. The number of rotatable bonds is 3. The van der Waals surface area contributed by atoms with Crippen molar-refractivity contribution in [2.75, 3.05) is 7.05 Å². The van der Waals surface area contributed by atoms with Crippen LogP contribution in [-0.4, -0.2) is 27.6 Å². The lowest BCUT2D eigenvalue weighted by molar-refractivity contribution is 0.478. The summed E-state index contributed by atoms with van der Waals surface area (Å²) in [5, 5.41) is 12.8. The Morgan fingerprint density at radius 2 is 2.40 bits per heavy atom. The molecule has 4 heteroatoms. The number of nitrogens with zero attached hydrogens (tertiary/aromatic N) is 2. The number of likely N-dealkylation sites (N-methyl/N-ethyl adjacent to an activating group) is 1. The van der Waals surface area contributed by atoms with Crippen molar-refractivity contribution in [2.45, 2.75) is 19.4 Å². The Hall–Kier alpha value is -1.55. The first kappa shape index (κ1) is 9.98. The van der Waals surface area contributed by atoms with E-state index < -0.39 is 0 Å². The smallest absolute Gasteiger partial charge is 0.141 e. The van der Waals surface area contributed by atoms with Gasteiger partial charge in [-0.1, -0.05) is 0 Å².